The first-order valence-corrected chi connectivity index (χ1v) is 5.52. The molecule has 0 saturated heterocycles. The lowest BCUT2D eigenvalue weighted by Gasteiger charge is -2.16. The zero-order valence-electron chi connectivity index (χ0n) is 9.52. The van der Waals surface area contributed by atoms with E-state index in [0.717, 1.165) is 17.7 Å². The summed E-state index contributed by atoms with van der Waals surface area (Å²) < 4.78 is 43.0. The first kappa shape index (κ1) is 12.5. The van der Waals surface area contributed by atoms with Crippen LogP contribution in [0.4, 0.5) is 12.9 Å². The third kappa shape index (κ3) is 3.29. The van der Waals surface area contributed by atoms with Gasteiger partial charge in [-0.3, -0.25) is 0 Å². The van der Waals surface area contributed by atoms with Crippen LogP contribution in [-0.4, -0.2) is 6.98 Å². The van der Waals surface area contributed by atoms with Gasteiger partial charge in [-0.1, -0.05) is 42.5 Å². The molecule has 0 N–H and O–H groups in total. The molecule has 2 aromatic rings. The van der Waals surface area contributed by atoms with E-state index in [1.54, 1.807) is 0 Å². The SMILES string of the molecule is F[B-](F)(F)c1cccc(OCc2ccccc2)c1. The van der Waals surface area contributed by atoms with E-state index in [9.17, 15) is 12.9 Å². The fraction of sp³-hybridized carbons (Fsp3) is 0.0769. The van der Waals surface area contributed by atoms with E-state index < -0.39 is 12.4 Å². The van der Waals surface area contributed by atoms with Crippen LogP contribution in [-0.2, 0) is 6.61 Å². The Labute approximate surface area is 103 Å². The van der Waals surface area contributed by atoms with Gasteiger partial charge in [-0.2, -0.15) is 0 Å². The average Bonchev–Trinajstić information content (AvgIpc) is 2.37. The van der Waals surface area contributed by atoms with Crippen LogP contribution in [0.3, 0.4) is 0 Å². The maximum Gasteiger partial charge on any atom is 0.509 e. The van der Waals surface area contributed by atoms with Gasteiger partial charge in [0.15, 0.2) is 0 Å². The number of ether oxygens (including phenoxy) is 1. The molecule has 0 radical (unpaired) electrons. The summed E-state index contributed by atoms with van der Waals surface area (Å²) in [6.07, 6.45) is 0. The minimum atomic E-state index is -4.98. The molecule has 5 heteroatoms. The number of hydrogen-bond donors (Lipinski definition) is 0. The molecule has 2 aromatic carbocycles. The van der Waals surface area contributed by atoms with E-state index in [0.29, 0.717) is 0 Å². The van der Waals surface area contributed by atoms with Crippen molar-refractivity contribution in [1.29, 1.82) is 0 Å². The van der Waals surface area contributed by atoms with Crippen LogP contribution in [0.2, 0.25) is 0 Å². The van der Waals surface area contributed by atoms with Crippen LogP contribution in [0.1, 0.15) is 5.56 Å². The lowest BCUT2D eigenvalue weighted by atomic mass is 9.80. The second-order valence-electron chi connectivity index (χ2n) is 3.92. The van der Waals surface area contributed by atoms with E-state index >= 15 is 0 Å². The van der Waals surface area contributed by atoms with Gasteiger partial charge in [0.2, 0.25) is 0 Å². The van der Waals surface area contributed by atoms with E-state index in [1.807, 2.05) is 30.3 Å². The minimum Gasteiger partial charge on any atom is -0.489 e. The standard InChI is InChI=1S/C13H11BF3O/c15-14(16,17)12-7-4-8-13(9-12)18-10-11-5-2-1-3-6-11/h1-9H,10H2/q-1. The van der Waals surface area contributed by atoms with Crippen LogP contribution in [0, 0.1) is 0 Å². The van der Waals surface area contributed by atoms with Crippen molar-refractivity contribution in [2.75, 3.05) is 0 Å². The van der Waals surface area contributed by atoms with Crippen molar-refractivity contribution < 1.29 is 17.7 Å². The molecule has 0 aliphatic heterocycles. The Bertz CT molecular complexity index is 511. The third-order valence-electron chi connectivity index (χ3n) is 2.48. The van der Waals surface area contributed by atoms with Gasteiger partial charge in [0.25, 0.3) is 0 Å². The Kier molecular flexibility index (Phi) is 3.60. The molecular formula is C13H11BF3O-. The molecule has 0 saturated carbocycles. The molecule has 0 spiro atoms. The lowest BCUT2D eigenvalue weighted by molar-refractivity contribution is 0.306. The second kappa shape index (κ2) is 5.17. The normalized spacial score (nSPS) is 11.3. The summed E-state index contributed by atoms with van der Waals surface area (Å²) in [5.74, 6) is 0.232. The molecule has 0 bridgehead atoms. The summed E-state index contributed by atoms with van der Waals surface area (Å²) in [5.41, 5.74) is 0.279. The molecule has 1 nitrogen and oxygen atoms in total. The van der Waals surface area contributed by atoms with Crippen LogP contribution < -0.4 is 10.2 Å². The number of hydrogen-bond acceptors (Lipinski definition) is 1. The van der Waals surface area contributed by atoms with Gasteiger partial charge in [-0.05, 0) is 17.7 Å². The van der Waals surface area contributed by atoms with Crippen molar-refractivity contribution in [1.82, 2.24) is 0 Å². The molecule has 18 heavy (non-hydrogen) atoms. The molecule has 2 rings (SSSR count). The summed E-state index contributed by atoms with van der Waals surface area (Å²) in [6.45, 7) is -4.72. The van der Waals surface area contributed by atoms with Crippen molar-refractivity contribution in [2.24, 2.45) is 0 Å². The smallest absolute Gasteiger partial charge is 0.489 e. The van der Waals surface area contributed by atoms with Gasteiger partial charge in [0, 0.05) is 0 Å². The highest BCUT2D eigenvalue weighted by Gasteiger charge is 2.25. The Morgan fingerprint density at radius 3 is 2.28 bits per heavy atom. The predicted octanol–water partition coefficient (Wildman–Crippen LogP) is 3.32. The summed E-state index contributed by atoms with van der Waals surface area (Å²) in [6, 6.07) is 14.3. The molecule has 0 amide bonds. The molecule has 0 aromatic heterocycles. The average molecular weight is 251 g/mol. The Balaban J connectivity index is 2.06. The maximum absolute atomic E-state index is 12.5. The summed E-state index contributed by atoms with van der Waals surface area (Å²) in [7, 11) is 0. The third-order valence-corrected chi connectivity index (χ3v) is 2.48. The predicted molar refractivity (Wildman–Crippen MR) is 65.9 cm³/mol. The van der Waals surface area contributed by atoms with Crippen LogP contribution in [0.15, 0.2) is 54.6 Å². The van der Waals surface area contributed by atoms with Crippen molar-refractivity contribution in [2.45, 2.75) is 6.61 Å². The Morgan fingerprint density at radius 1 is 0.889 bits per heavy atom. The van der Waals surface area contributed by atoms with E-state index in [4.69, 9.17) is 4.74 Å². The monoisotopic (exact) mass is 251 g/mol. The van der Waals surface area contributed by atoms with Crippen LogP contribution >= 0.6 is 0 Å². The van der Waals surface area contributed by atoms with Crippen LogP contribution in [0.5, 0.6) is 5.75 Å². The highest BCUT2D eigenvalue weighted by molar-refractivity contribution is 6.73. The van der Waals surface area contributed by atoms with Gasteiger partial charge >= 0.3 is 6.98 Å². The first-order chi connectivity index (χ1) is 8.55. The van der Waals surface area contributed by atoms with Gasteiger partial charge in [0.05, 0.1) is 0 Å². The van der Waals surface area contributed by atoms with Gasteiger partial charge in [-0.15, -0.1) is 5.46 Å². The molecule has 0 aliphatic rings. The van der Waals surface area contributed by atoms with E-state index in [1.165, 1.54) is 12.1 Å². The number of halogens is 3. The second-order valence-corrected chi connectivity index (χ2v) is 3.92. The van der Waals surface area contributed by atoms with Crippen molar-refractivity contribution in [3.63, 3.8) is 0 Å². The van der Waals surface area contributed by atoms with E-state index in [-0.39, 0.29) is 12.4 Å². The Morgan fingerprint density at radius 2 is 1.61 bits per heavy atom. The Hall–Kier alpha value is -1.91. The first-order valence-electron chi connectivity index (χ1n) is 5.52. The molecule has 0 atom stereocenters. The zero-order chi connectivity index (χ0) is 13.0. The quantitative estimate of drug-likeness (QED) is 0.757. The van der Waals surface area contributed by atoms with Crippen molar-refractivity contribution in [3.05, 3.63) is 60.2 Å². The van der Waals surface area contributed by atoms with Crippen molar-refractivity contribution in [3.8, 4) is 5.75 Å². The summed E-state index contributed by atoms with van der Waals surface area (Å²) in [5, 5.41) is 0. The summed E-state index contributed by atoms with van der Waals surface area (Å²) >= 11 is 0. The maximum atomic E-state index is 12.5. The minimum absolute atomic E-state index is 0.232. The van der Waals surface area contributed by atoms with Gasteiger partial charge in [-0.25, -0.2) is 0 Å². The summed E-state index contributed by atoms with van der Waals surface area (Å²) in [4.78, 5) is 0. The molecule has 94 valence electrons. The molecule has 0 fully saturated rings. The number of benzene rings is 2. The largest absolute Gasteiger partial charge is 0.509 e. The zero-order valence-corrected chi connectivity index (χ0v) is 9.52. The van der Waals surface area contributed by atoms with Crippen LogP contribution in [0.25, 0.3) is 0 Å². The fourth-order valence-corrected chi connectivity index (χ4v) is 1.55. The lowest BCUT2D eigenvalue weighted by Crippen LogP contribution is -2.33. The van der Waals surface area contributed by atoms with Crippen molar-refractivity contribution >= 4 is 12.4 Å². The fourth-order valence-electron chi connectivity index (χ4n) is 1.55. The van der Waals surface area contributed by atoms with Gasteiger partial charge in [0.1, 0.15) is 12.4 Å². The molecule has 0 heterocycles. The van der Waals surface area contributed by atoms with E-state index in [2.05, 4.69) is 0 Å². The molecular weight excluding hydrogens is 240 g/mol. The highest BCUT2D eigenvalue weighted by atomic mass is 19.4. The number of rotatable bonds is 4. The topological polar surface area (TPSA) is 9.23 Å². The molecule has 0 aliphatic carbocycles. The highest BCUT2D eigenvalue weighted by Crippen LogP contribution is 2.15. The van der Waals surface area contributed by atoms with Gasteiger partial charge < -0.3 is 17.7 Å². The molecule has 0 unspecified atom stereocenters.